The Morgan fingerprint density at radius 3 is 1.77 bits per heavy atom. The third kappa shape index (κ3) is 4.50. The predicted octanol–water partition coefficient (Wildman–Crippen LogP) is 4.11. The molecule has 26 heavy (non-hydrogen) atoms. The summed E-state index contributed by atoms with van der Waals surface area (Å²) in [7, 11) is -3.51. The Balaban J connectivity index is 1.73. The van der Waals surface area contributed by atoms with E-state index in [1.165, 1.54) is 0 Å². The van der Waals surface area contributed by atoms with Crippen molar-refractivity contribution in [3.05, 3.63) is 90.5 Å². The van der Waals surface area contributed by atoms with Gasteiger partial charge in [0.25, 0.3) is 0 Å². The van der Waals surface area contributed by atoms with Crippen LogP contribution in [0.5, 0.6) is 0 Å². The van der Waals surface area contributed by atoms with E-state index in [0.29, 0.717) is 13.1 Å². The highest BCUT2D eigenvalue weighted by molar-refractivity contribution is 7.89. The van der Waals surface area contributed by atoms with Gasteiger partial charge in [-0.05, 0) is 43.3 Å². The average molecular weight is 366 g/mol. The molecule has 0 fully saturated rings. The van der Waals surface area contributed by atoms with Gasteiger partial charge < -0.3 is 4.90 Å². The molecule has 0 saturated heterocycles. The first-order chi connectivity index (χ1) is 12.6. The van der Waals surface area contributed by atoms with Gasteiger partial charge in [-0.15, -0.1) is 0 Å². The molecule has 3 aromatic carbocycles. The van der Waals surface area contributed by atoms with Gasteiger partial charge in [-0.3, -0.25) is 0 Å². The Morgan fingerprint density at radius 1 is 0.769 bits per heavy atom. The molecule has 0 aliphatic rings. The lowest BCUT2D eigenvalue weighted by Crippen LogP contribution is -2.32. The summed E-state index contributed by atoms with van der Waals surface area (Å²) in [4.78, 5) is 2.38. The normalized spacial score (nSPS) is 11.3. The van der Waals surface area contributed by atoms with E-state index in [2.05, 4.69) is 9.62 Å². The molecule has 4 nitrogen and oxygen atoms in total. The fourth-order valence-corrected chi connectivity index (χ4v) is 3.74. The van der Waals surface area contributed by atoms with E-state index in [1.54, 1.807) is 24.3 Å². The number of sulfonamides is 1. The Kier molecular flexibility index (Phi) is 5.71. The number of rotatable bonds is 7. The van der Waals surface area contributed by atoms with Crippen LogP contribution in [0.3, 0.4) is 0 Å². The molecule has 5 heteroatoms. The van der Waals surface area contributed by atoms with E-state index >= 15 is 0 Å². The van der Waals surface area contributed by atoms with E-state index in [9.17, 15) is 8.42 Å². The molecule has 134 valence electrons. The minimum atomic E-state index is -3.51. The minimum absolute atomic E-state index is 0.286. The third-order valence-electron chi connectivity index (χ3n) is 4.09. The first-order valence-corrected chi connectivity index (χ1v) is 9.98. The first-order valence-electron chi connectivity index (χ1n) is 8.50. The van der Waals surface area contributed by atoms with E-state index < -0.39 is 10.0 Å². The number of hydrogen-bond acceptors (Lipinski definition) is 3. The van der Waals surface area contributed by atoms with Gasteiger partial charge in [0.05, 0.1) is 4.90 Å². The highest BCUT2D eigenvalue weighted by atomic mass is 32.2. The van der Waals surface area contributed by atoms with Crippen LogP contribution in [-0.4, -0.2) is 21.5 Å². The van der Waals surface area contributed by atoms with Gasteiger partial charge in [-0.25, -0.2) is 13.1 Å². The van der Waals surface area contributed by atoms with Gasteiger partial charge >= 0.3 is 0 Å². The average Bonchev–Trinajstić information content (AvgIpc) is 2.67. The van der Waals surface area contributed by atoms with Crippen molar-refractivity contribution in [1.29, 1.82) is 0 Å². The number of anilines is 2. The molecule has 0 unspecified atom stereocenters. The van der Waals surface area contributed by atoms with Crippen LogP contribution in [0.15, 0.2) is 89.8 Å². The van der Waals surface area contributed by atoms with Crippen LogP contribution in [-0.2, 0) is 10.0 Å². The zero-order chi connectivity index (χ0) is 18.4. The lowest BCUT2D eigenvalue weighted by atomic mass is 10.2. The molecule has 0 spiro atoms. The summed E-state index contributed by atoms with van der Waals surface area (Å²) in [6.45, 7) is 2.76. The number of benzene rings is 3. The molecule has 0 saturated carbocycles. The lowest BCUT2D eigenvalue weighted by Gasteiger charge is -2.25. The van der Waals surface area contributed by atoms with Crippen molar-refractivity contribution >= 4 is 21.4 Å². The molecule has 0 aliphatic carbocycles. The van der Waals surface area contributed by atoms with Gasteiger partial charge in [-0.1, -0.05) is 54.1 Å². The van der Waals surface area contributed by atoms with Gasteiger partial charge in [0.1, 0.15) is 0 Å². The van der Waals surface area contributed by atoms with Gasteiger partial charge in [-0.2, -0.15) is 0 Å². The zero-order valence-corrected chi connectivity index (χ0v) is 15.5. The summed E-state index contributed by atoms with van der Waals surface area (Å²) < 4.78 is 27.6. The van der Waals surface area contributed by atoms with Crippen LogP contribution in [0.25, 0.3) is 0 Å². The van der Waals surface area contributed by atoms with Crippen molar-refractivity contribution in [3.8, 4) is 0 Å². The Hall–Kier alpha value is -2.63. The van der Waals surface area contributed by atoms with E-state index in [-0.39, 0.29) is 4.90 Å². The molecule has 1 N–H and O–H groups in total. The quantitative estimate of drug-likeness (QED) is 0.684. The Bertz CT molecular complexity index is 885. The van der Waals surface area contributed by atoms with Crippen LogP contribution < -0.4 is 9.62 Å². The van der Waals surface area contributed by atoms with Crippen LogP contribution in [0.1, 0.15) is 5.56 Å². The van der Waals surface area contributed by atoms with Crippen molar-refractivity contribution in [2.75, 3.05) is 18.0 Å². The highest BCUT2D eigenvalue weighted by Gasteiger charge is 2.15. The summed E-state index contributed by atoms with van der Waals surface area (Å²) in [5.74, 6) is 0. The maximum absolute atomic E-state index is 12.5. The fraction of sp³-hybridized carbons (Fsp3) is 0.143. The largest absolute Gasteiger partial charge is 0.340 e. The number of nitrogens with zero attached hydrogens (tertiary/aromatic N) is 1. The summed E-state index contributed by atoms with van der Waals surface area (Å²) in [6, 6.07) is 26.7. The first kappa shape index (κ1) is 18.2. The van der Waals surface area contributed by atoms with Gasteiger partial charge in [0.15, 0.2) is 0 Å². The lowest BCUT2D eigenvalue weighted by molar-refractivity contribution is 0.582. The number of nitrogens with one attached hydrogen (secondary N) is 1. The molecule has 0 amide bonds. The van der Waals surface area contributed by atoms with Crippen molar-refractivity contribution in [2.45, 2.75) is 11.8 Å². The second kappa shape index (κ2) is 8.17. The maximum Gasteiger partial charge on any atom is 0.240 e. The second-order valence-corrected chi connectivity index (χ2v) is 7.80. The van der Waals surface area contributed by atoms with Crippen LogP contribution >= 0.6 is 0 Å². The topological polar surface area (TPSA) is 49.4 Å². The minimum Gasteiger partial charge on any atom is -0.340 e. The van der Waals surface area contributed by atoms with Crippen LogP contribution in [0.2, 0.25) is 0 Å². The SMILES string of the molecule is Cc1ccc(S(=O)(=O)NCCN(c2ccccc2)c2ccccc2)cc1. The van der Waals surface area contributed by atoms with E-state index in [0.717, 1.165) is 16.9 Å². The second-order valence-electron chi connectivity index (χ2n) is 6.03. The van der Waals surface area contributed by atoms with Crippen molar-refractivity contribution < 1.29 is 8.42 Å². The smallest absolute Gasteiger partial charge is 0.240 e. The molecule has 3 aromatic rings. The monoisotopic (exact) mass is 366 g/mol. The fourth-order valence-electron chi connectivity index (χ4n) is 2.72. The summed E-state index contributed by atoms with van der Waals surface area (Å²) in [6.07, 6.45) is 0. The number of para-hydroxylation sites is 2. The highest BCUT2D eigenvalue weighted by Crippen LogP contribution is 2.24. The molecule has 0 heterocycles. The number of aryl methyl sites for hydroxylation is 1. The Labute approximate surface area is 155 Å². The van der Waals surface area contributed by atoms with Crippen molar-refractivity contribution in [1.82, 2.24) is 4.72 Å². The molecular formula is C21H22N2O2S. The summed E-state index contributed by atoms with van der Waals surface area (Å²) >= 11 is 0. The molecule has 0 radical (unpaired) electrons. The van der Waals surface area contributed by atoms with Crippen molar-refractivity contribution in [3.63, 3.8) is 0 Å². The van der Waals surface area contributed by atoms with Crippen LogP contribution in [0.4, 0.5) is 11.4 Å². The molecule has 0 bridgehead atoms. The molecule has 0 aliphatic heterocycles. The molecule has 0 aromatic heterocycles. The summed E-state index contributed by atoms with van der Waals surface area (Å²) in [5.41, 5.74) is 3.07. The Morgan fingerprint density at radius 2 is 1.27 bits per heavy atom. The standard InChI is InChI=1S/C21H22N2O2S/c1-18-12-14-21(15-13-18)26(24,25)22-16-17-23(19-8-4-2-5-9-19)20-10-6-3-7-11-20/h2-15,22H,16-17H2,1H3. The van der Waals surface area contributed by atoms with E-state index in [1.807, 2.05) is 67.6 Å². The van der Waals surface area contributed by atoms with Gasteiger partial charge in [0, 0.05) is 24.5 Å². The molecular weight excluding hydrogens is 344 g/mol. The maximum atomic E-state index is 12.5. The van der Waals surface area contributed by atoms with Crippen LogP contribution in [0, 0.1) is 6.92 Å². The third-order valence-corrected chi connectivity index (χ3v) is 5.57. The zero-order valence-electron chi connectivity index (χ0n) is 14.7. The predicted molar refractivity (Wildman–Crippen MR) is 106 cm³/mol. The van der Waals surface area contributed by atoms with Gasteiger partial charge in [0.2, 0.25) is 10.0 Å². The number of hydrogen-bond donors (Lipinski definition) is 1. The molecule has 3 rings (SSSR count). The van der Waals surface area contributed by atoms with E-state index in [4.69, 9.17) is 0 Å². The molecule has 0 atom stereocenters. The van der Waals surface area contributed by atoms with Crippen molar-refractivity contribution in [2.24, 2.45) is 0 Å². The summed E-state index contributed by atoms with van der Waals surface area (Å²) in [5, 5.41) is 0.